The van der Waals surface area contributed by atoms with E-state index in [1.54, 1.807) is 12.1 Å². The monoisotopic (exact) mass is 431 g/mol. The molecule has 0 spiro atoms. The van der Waals surface area contributed by atoms with Gasteiger partial charge in [0.1, 0.15) is 5.82 Å². The smallest absolute Gasteiger partial charge is 0.307 e. The summed E-state index contributed by atoms with van der Waals surface area (Å²) in [6, 6.07) is 8.62. The molecule has 1 fully saturated rings. The number of rotatable bonds is 4. The maximum Gasteiger partial charge on any atom is 0.307 e. The highest BCUT2D eigenvalue weighted by molar-refractivity contribution is 6.35. The Bertz CT molecular complexity index is 1150. The predicted molar refractivity (Wildman–Crippen MR) is 113 cm³/mol. The second-order valence-corrected chi connectivity index (χ2v) is 8.98. The minimum atomic E-state index is -0.809. The lowest BCUT2D eigenvalue weighted by Crippen LogP contribution is -2.10. The van der Waals surface area contributed by atoms with Crippen LogP contribution in [0, 0.1) is 11.7 Å². The highest BCUT2D eigenvalue weighted by Gasteiger charge is 2.46. The molecule has 0 radical (unpaired) electrons. The van der Waals surface area contributed by atoms with E-state index < -0.39 is 11.9 Å². The van der Waals surface area contributed by atoms with Gasteiger partial charge in [-0.15, -0.1) is 0 Å². The number of nitrogens with zero attached hydrogens (tertiary/aromatic N) is 1. The Hall–Kier alpha value is -2.04. The van der Waals surface area contributed by atoms with Crippen molar-refractivity contribution in [1.29, 1.82) is 0 Å². The molecule has 2 aliphatic carbocycles. The number of carboxylic acids is 1. The minimum absolute atomic E-state index is 0.138. The van der Waals surface area contributed by atoms with Crippen LogP contribution in [0.4, 0.5) is 4.39 Å². The Morgan fingerprint density at radius 1 is 1.17 bits per heavy atom. The van der Waals surface area contributed by atoms with E-state index in [1.165, 1.54) is 17.3 Å². The standard InChI is InChI=1S/C23H20Cl2FNO2/c24-13-6-5-12(20(25)7-13)11-27-21-4-2-1-3-15(21)17-8-14(26)9-18(22(17)27)16-10-19(16)23(28)29/h5-9,16,19H,1-4,10-11H2,(H,28,29). The van der Waals surface area contributed by atoms with Gasteiger partial charge in [-0.05, 0) is 73.1 Å². The largest absolute Gasteiger partial charge is 0.481 e. The maximum absolute atomic E-state index is 14.5. The molecule has 2 aromatic carbocycles. The first-order valence-corrected chi connectivity index (χ1v) is 10.7. The second-order valence-electron chi connectivity index (χ2n) is 8.13. The van der Waals surface area contributed by atoms with Crippen molar-refractivity contribution in [3.8, 4) is 0 Å². The molecule has 0 bridgehead atoms. The van der Waals surface area contributed by atoms with Crippen molar-refractivity contribution < 1.29 is 14.3 Å². The molecular weight excluding hydrogens is 412 g/mol. The van der Waals surface area contributed by atoms with Crippen LogP contribution in [0.25, 0.3) is 10.9 Å². The van der Waals surface area contributed by atoms with Gasteiger partial charge in [0.15, 0.2) is 0 Å². The zero-order valence-electron chi connectivity index (χ0n) is 15.7. The molecule has 2 unspecified atom stereocenters. The zero-order chi connectivity index (χ0) is 20.3. The van der Waals surface area contributed by atoms with Gasteiger partial charge in [-0.25, -0.2) is 4.39 Å². The van der Waals surface area contributed by atoms with Gasteiger partial charge in [-0.2, -0.15) is 0 Å². The molecule has 0 amide bonds. The molecule has 1 saturated carbocycles. The molecule has 0 aliphatic heterocycles. The first-order valence-electron chi connectivity index (χ1n) is 9.94. The number of carbonyl (C=O) groups is 1. The second kappa shape index (κ2) is 7.03. The molecule has 3 aromatic rings. The average Bonchev–Trinajstić information content (AvgIpc) is 3.43. The fraction of sp³-hybridized carbons (Fsp3) is 0.348. The number of benzene rings is 2. The van der Waals surface area contributed by atoms with E-state index in [1.807, 2.05) is 12.1 Å². The van der Waals surface area contributed by atoms with Crippen molar-refractivity contribution in [1.82, 2.24) is 4.57 Å². The molecule has 6 heteroatoms. The van der Waals surface area contributed by atoms with Crippen LogP contribution in [-0.2, 0) is 24.2 Å². The molecule has 1 heterocycles. The highest BCUT2D eigenvalue weighted by Crippen LogP contribution is 2.51. The summed E-state index contributed by atoms with van der Waals surface area (Å²) in [6.45, 7) is 0.560. The predicted octanol–water partition coefficient (Wildman–Crippen LogP) is 6.20. The third-order valence-electron chi connectivity index (χ3n) is 6.31. The minimum Gasteiger partial charge on any atom is -0.481 e. The van der Waals surface area contributed by atoms with Gasteiger partial charge in [0, 0.05) is 33.6 Å². The number of aromatic nitrogens is 1. The van der Waals surface area contributed by atoms with E-state index in [0.29, 0.717) is 23.0 Å². The fourth-order valence-electron chi connectivity index (χ4n) is 4.85. The summed E-state index contributed by atoms with van der Waals surface area (Å²) in [5, 5.41) is 11.5. The molecule has 1 aromatic heterocycles. The van der Waals surface area contributed by atoms with Crippen molar-refractivity contribution in [3.05, 3.63) is 68.6 Å². The third-order valence-corrected chi connectivity index (χ3v) is 6.90. The summed E-state index contributed by atoms with van der Waals surface area (Å²) < 4.78 is 16.8. The van der Waals surface area contributed by atoms with Crippen molar-refractivity contribution in [2.24, 2.45) is 5.92 Å². The van der Waals surface area contributed by atoms with Crippen LogP contribution in [-0.4, -0.2) is 15.6 Å². The van der Waals surface area contributed by atoms with Crippen LogP contribution in [0.1, 0.15) is 47.6 Å². The number of aliphatic carboxylic acids is 1. The van der Waals surface area contributed by atoms with E-state index in [9.17, 15) is 14.3 Å². The van der Waals surface area contributed by atoms with Crippen LogP contribution in [0.2, 0.25) is 10.0 Å². The van der Waals surface area contributed by atoms with E-state index in [4.69, 9.17) is 23.2 Å². The summed E-state index contributed by atoms with van der Waals surface area (Å²) in [5.74, 6) is -1.67. The zero-order valence-corrected chi connectivity index (χ0v) is 17.2. The Morgan fingerprint density at radius 3 is 2.69 bits per heavy atom. The summed E-state index contributed by atoms with van der Waals surface area (Å²) in [5.41, 5.74) is 5.15. The quantitative estimate of drug-likeness (QED) is 0.533. The van der Waals surface area contributed by atoms with Crippen LogP contribution in [0.15, 0.2) is 30.3 Å². The van der Waals surface area contributed by atoms with Crippen LogP contribution < -0.4 is 0 Å². The molecule has 29 heavy (non-hydrogen) atoms. The first-order chi connectivity index (χ1) is 13.9. The molecular formula is C23H20Cl2FNO2. The van der Waals surface area contributed by atoms with Crippen molar-refractivity contribution >= 4 is 40.1 Å². The van der Waals surface area contributed by atoms with Gasteiger partial charge in [0.2, 0.25) is 0 Å². The van der Waals surface area contributed by atoms with Crippen molar-refractivity contribution in [3.63, 3.8) is 0 Å². The molecule has 1 N–H and O–H groups in total. The van der Waals surface area contributed by atoms with Gasteiger partial charge < -0.3 is 9.67 Å². The van der Waals surface area contributed by atoms with Gasteiger partial charge in [0.25, 0.3) is 0 Å². The van der Waals surface area contributed by atoms with Crippen LogP contribution in [0.5, 0.6) is 0 Å². The van der Waals surface area contributed by atoms with E-state index in [0.717, 1.165) is 47.7 Å². The van der Waals surface area contributed by atoms with Gasteiger partial charge in [-0.3, -0.25) is 4.79 Å². The number of aryl methyl sites for hydroxylation is 1. The lowest BCUT2D eigenvalue weighted by atomic mass is 9.94. The summed E-state index contributed by atoms with van der Waals surface area (Å²) in [6.07, 6.45) is 4.59. The number of carboxylic acid groups (broad SMARTS) is 1. The Kier molecular flexibility index (Phi) is 4.60. The molecule has 5 rings (SSSR count). The molecule has 150 valence electrons. The number of halogens is 3. The normalized spacial score (nSPS) is 20.7. The third kappa shape index (κ3) is 3.23. The number of fused-ring (bicyclic) bond motifs is 3. The van der Waals surface area contributed by atoms with Gasteiger partial charge >= 0.3 is 5.97 Å². The fourth-order valence-corrected chi connectivity index (χ4v) is 5.32. The van der Waals surface area contributed by atoms with E-state index in [-0.39, 0.29) is 11.7 Å². The van der Waals surface area contributed by atoms with E-state index >= 15 is 0 Å². The average molecular weight is 432 g/mol. The lowest BCUT2D eigenvalue weighted by Gasteiger charge is -2.17. The molecule has 2 aliphatic rings. The molecule has 3 nitrogen and oxygen atoms in total. The van der Waals surface area contributed by atoms with Crippen molar-refractivity contribution in [2.45, 2.75) is 44.6 Å². The summed E-state index contributed by atoms with van der Waals surface area (Å²) in [4.78, 5) is 11.5. The lowest BCUT2D eigenvalue weighted by molar-refractivity contribution is -0.138. The SMILES string of the molecule is O=C(O)C1CC1c1cc(F)cc2c3c(n(Cc4ccc(Cl)cc4Cl)c12)CCCC3. The molecule has 0 saturated heterocycles. The Balaban J connectivity index is 1.72. The van der Waals surface area contributed by atoms with Gasteiger partial charge in [0.05, 0.1) is 11.4 Å². The van der Waals surface area contributed by atoms with E-state index in [2.05, 4.69) is 4.57 Å². The van der Waals surface area contributed by atoms with Crippen LogP contribution in [0.3, 0.4) is 0 Å². The van der Waals surface area contributed by atoms with Crippen LogP contribution >= 0.6 is 23.2 Å². The summed E-state index contributed by atoms with van der Waals surface area (Å²) >= 11 is 12.5. The van der Waals surface area contributed by atoms with Gasteiger partial charge in [-0.1, -0.05) is 29.3 Å². The highest BCUT2D eigenvalue weighted by atomic mass is 35.5. The Morgan fingerprint density at radius 2 is 1.97 bits per heavy atom. The first kappa shape index (κ1) is 19.0. The number of hydrogen-bond donors (Lipinski definition) is 1. The topological polar surface area (TPSA) is 42.2 Å². The van der Waals surface area contributed by atoms with Crippen molar-refractivity contribution in [2.75, 3.05) is 0 Å². The maximum atomic E-state index is 14.5. The Labute approximate surface area is 178 Å². The molecule has 2 atom stereocenters. The number of hydrogen-bond acceptors (Lipinski definition) is 1. The summed E-state index contributed by atoms with van der Waals surface area (Å²) in [7, 11) is 0.